The van der Waals surface area contributed by atoms with Crippen molar-refractivity contribution in [2.75, 3.05) is 18.5 Å². The van der Waals surface area contributed by atoms with Gasteiger partial charge >= 0.3 is 6.18 Å². The van der Waals surface area contributed by atoms with E-state index in [2.05, 4.69) is 20.8 Å². The maximum Gasteiger partial charge on any atom is 0.416 e. The Morgan fingerprint density at radius 3 is 2.70 bits per heavy atom. The van der Waals surface area contributed by atoms with Crippen molar-refractivity contribution in [2.24, 2.45) is 0 Å². The van der Waals surface area contributed by atoms with Gasteiger partial charge in [-0.3, -0.25) is 4.79 Å². The number of aromatic nitrogens is 4. The van der Waals surface area contributed by atoms with Crippen molar-refractivity contribution in [3.05, 3.63) is 54.4 Å². The molecule has 2 aromatic carbocycles. The number of benzene rings is 2. The summed E-state index contributed by atoms with van der Waals surface area (Å²) >= 11 is 0. The molecule has 11 heteroatoms. The molecule has 8 nitrogen and oxygen atoms in total. The van der Waals surface area contributed by atoms with E-state index in [9.17, 15) is 18.0 Å². The maximum absolute atomic E-state index is 13.0. The molecule has 1 N–H and O–H groups in total. The minimum absolute atomic E-state index is 0.0747. The number of anilines is 1. The van der Waals surface area contributed by atoms with Crippen LogP contribution in [-0.2, 0) is 11.0 Å². The van der Waals surface area contributed by atoms with Crippen LogP contribution < -0.4 is 14.8 Å². The van der Waals surface area contributed by atoms with Crippen molar-refractivity contribution in [3.63, 3.8) is 0 Å². The zero-order chi connectivity index (χ0) is 21.6. The molecule has 0 fully saturated rings. The van der Waals surface area contributed by atoms with E-state index in [-0.39, 0.29) is 11.4 Å². The van der Waals surface area contributed by atoms with Crippen LogP contribution in [0.15, 0.2) is 48.8 Å². The Morgan fingerprint density at radius 1 is 1.17 bits per heavy atom. The van der Waals surface area contributed by atoms with Gasteiger partial charge in [-0.05, 0) is 47.2 Å². The topological polar surface area (TPSA) is 91.2 Å². The van der Waals surface area contributed by atoms with Crippen LogP contribution in [0.4, 0.5) is 18.9 Å². The molecule has 3 aromatic rings. The summed E-state index contributed by atoms with van der Waals surface area (Å²) in [6, 6.07) is 9.59. The third-order valence-corrected chi connectivity index (χ3v) is 3.84. The second-order valence-electron chi connectivity index (χ2n) is 6.15. The highest BCUT2D eigenvalue weighted by molar-refractivity contribution is 5.93. The van der Waals surface area contributed by atoms with Gasteiger partial charge in [-0.15, -0.1) is 5.10 Å². The standard InChI is InChI=1S/C19H18F3N5O3/c1-2-8-29-17-7-6-13(19(20,21)22)9-16(17)24-18(28)11-30-15-5-3-4-14(10-15)27-12-23-25-26-27/h3-7,9-10,12H,2,8,11H2,1H3,(H,24,28). The fourth-order valence-electron chi connectivity index (χ4n) is 2.47. The lowest BCUT2D eigenvalue weighted by atomic mass is 10.1. The van der Waals surface area contributed by atoms with E-state index in [0.717, 1.165) is 12.1 Å². The van der Waals surface area contributed by atoms with Crippen LogP contribution in [0, 0.1) is 0 Å². The van der Waals surface area contributed by atoms with Gasteiger partial charge in [-0.25, -0.2) is 4.68 Å². The maximum atomic E-state index is 13.0. The molecule has 1 heterocycles. The van der Waals surface area contributed by atoms with Crippen LogP contribution in [0.25, 0.3) is 5.69 Å². The summed E-state index contributed by atoms with van der Waals surface area (Å²) in [5, 5.41) is 13.3. The number of nitrogens with one attached hydrogen (secondary N) is 1. The van der Waals surface area contributed by atoms with Crippen LogP contribution in [0.1, 0.15) is 18.9 Å². The molecule has 0 radical (unpaired) electrons. The lowest BCUT2D eigenvalue weighted by Gasteiger charge is -2.15. The summed E-state index contributed by atoms with van der Waals surface area (Å²) in [6.45, 7) is 1.75. The zero-order valence-electron chi connectivity index (χ0n) is 15.9. The number of carbonyl (C=O) groups is 1. The van der Waals surface area contributed by atoms with E-state index in [0.29, 0.717) is 24.5 Å². The highest BCUT2D eigenvalue weighted by Crippen LogP contribution is 2.35. The molecule has 0 bridgehead atoms. The van der Waals surface area contributed by atoms with Gasteiger partial charge in [0.05, 0.1) is 23.5 Å². The molecule has 3 rings (SSSR count). The average molecular weight is 421 g/mol. The number of nitrogens with zero attached hydrogens (tertiary/aromatic N) is 4. The number of ether oxygens (including phenoxy) is 2. The summed E-state index contributed by atoms with van der Waals surface area (Å²) < 4.78 is 51.3. The molecule has 0 atom stereocenters. The van der Waals surface area contributed by atoms with Crippen molar-refractivity contribution in [2.45, 2.75) is 19.5 Å². The molecule has 1 amide bonds. The number of amides is 1. The van der Waals surface area contributed by atoms with Gasteiger partial charge in [0, 0.05) is 6.07 Å². The van der Waals surface area contributed by atoms with Gasteiger partial charge in [0.25, 0.3) is 5.91 Å². The first-order valence-electron chi connectivity index (χ1n) is 8.97. The predicted octanol–water partition coefficient (Wildman–Crippen LogP) is 3.49. The highest BCUT2D eigenvalue weighted by atomic mass is 19.4. The van der Waals surface area contributed by atoms with E-state index in [1.165, 1.54) is 17.1 Å². The molecule has 0 unspecified atom stereocenters. The molecule has 0 aliphatic heterocycles. The first-order valence-corrected chi connectivity index (χ1v) is 8.97. The molecule has 158 valence electrons. The van der Waals surface area contributed by atoms with Gasteiger partial charge in [-0.1, -0.05) is 13.0 Å². The third kappa shape index (κ3) is 5.46. The Balaban J connectivity index is 1.69. The monoisotopic (exact) mass is 421 g/mol. The largest absolute Gasteiger partial charge is 0.491 e. The minimum Gasteiger partial charge on any atom is -0.491 e. The smallest absolute Gasteiger partial charge is 0.416 e. The predicted molar refractivity (Wildman–Crippen MR) is 101 cm³/mol. The number of rotatable bonds is 8. The first-order chi connectivity index (χ1) is 14.4. The molecule has 0 aliphatic carbocycles. The molecule has 0 aliphatic rings. The summed E-state index contributed by atoms with van der Waals surface area (Å²) in [7, 11) is 0. The first kappa shape index (κ1) is 21.1. The number of hydrogen-bond acceptors (Lipinski definition) is 6. The van der Waals surface area contributed by atoms with Crippen LogP contribution >= 0.6 is 0 Å². The highest BCUT2D eigenvalue weighted by Gasteiger charge is 2.31. The Labute approximate surface area is 169 Å². The molecular formula is C19H18F3N5O3. The van der Waals surface area contributed by atoms with Crippen LogP contribution in [0.5, 0.6) is 11.5 Å². The molecule has 0 spiro atoms. The summed E-state index contributed by atoms with van der Waals surface area (Å²) in [6.07, 6.45) is -2.48. The third-order valence-electron chi connectivity index (χ3n) is 3.84. The van der Waals surface area contributed by atoms with Crippen molar-refractivity contribution >= 4 is 11.6 Å². The summed E-state index contributed by atoms with van der Waals surface area (Å²) in [4.78, 5) is 12.3. The van der Waals surface area contributed by atoms with Crippen molar-refractivity contribution < 1.29 is 27.4 Å². The second kappa shape index (κ2) is 9.25. The molecule has 0 saturated heterocycles. The number of hydrogen-bond donors (Lipinski definition) is 1. The Bertz CT molecular complexity index is 993. The SMILES string of the molecule is CCCOc1ccc(C(F)(F)F)cc1NC(=O)COc1cccc(-n2cnnn2)c1. The van der Waals surface area contributed by atoms with Crippen LogP contribution in [0.2, 0.25) is 0 Å². The Hall–Kier alpha value is -3.63. The molecule has 30 heavy (non-hydrogen) atoms. The number of halogens is 3. The van der Waals surface area contributed by atoms with E-state index >= 15 is 0 Å². The Kier molecular flexibility index (Phi) is 6.50. The van der Waals surface area contributed by atoms with Crippen LogP contribution in [-0.4, -0.2) is 39.3 Å². The van der Waals surface area contributed by atoms with Crippen molar-refractivity contribution in [3.8, 4) is 17.2 Å². The van der Waals surface area contributed by atoms with Gasteiger partial charge < -0.3 is 14.8 Å². The van der Waals surface area contributed by atoms with E-state index in [1.807, 2.05) is 6.92 Å². The van der Waals surface area contributed by atoms with Crippen LogP contribution in [0.3, 0.4) is 0 Å². The van der Waals surface area contributed by atoms with E-state index < -0.39 is 24.3 Å². The lowest BCUT2D eigenvalue weighted by Crippen LogP contribution is -2.21. The summed E-state index contributed by atoms with van der Waals surface area (Å²) in [5.41, 5.74) is -0.350. The fraction of sp³-hybridized carbons (Fsp3) is 0.263. The zero-order valence-corrected chi connectivity index (χ0v) is 15.9. The summed E-state index contributed by atoms with van der Waals surface area (Å²) in [5.74, 6) is -0.118. The number of carbonyl (C=O) groups excluding carboxylic acids is 1. The van der Waals surface area contributed by atoms with Crippen molar-refractivity contribution in [1.29, 1.82) is 0 Å². The molecule has 0 saturated carbocycles. The van der Waals surface area contributed by atoms with Crippen molar-refractivity contribution in [1.82, 2.24) is 20.2 Å². The number of tetrazole rings is 1. The van der Waals surface area contributed by atoms with Gasteiger partial charge in [0.1, 0.15) is 17.8 Å². The lowest BCUT2D eigenvalue weighted by molar-refractivity contribution is -0.137. The minimum atomic E-state index is -4.55. The van der Waals surface area contributed by atoms with Gasteiger partial charge in [-0.2, -0.15) is 13.2 Å². The molecule has 1 aromatic heterocycles. The number of alkyl halides is 3. The quantitative estimate of drug-likeness (QED) is 0.599. The fourth-order valence-corrected chi connectivity index (χ4v) is 2.47. The Morgan fingerprint density at radius 2 is 2.00 bits per heavy atom. The van der Waals surface area contributed by atoms with Gasteiger partial charge in [0.15, 0.2) is 6.61 Å². The van der Waals surface area contributed by atoms with Gasteiger partial charge in [0.2, 0.25) is 0 Å². The normalized spacial score (nSPS) is 11.2. The average Bonchev–Trinajstić information content (AvgIpc) is 3.26. The molecular weight excluding hydrogens is 403 g/mol. The van der Waals surface area contributed by atoms with E-state index in [1.54, 1.807) is 24.3 Å². The van der Waals surface area contributed by atoms with E-state index in [4.69, 9.17) is 9.47 Å². The second-order valence-corrected chi connectivity index (χ2v) is 6.15.